The van der Waals surface area contributed by atoms with E-state index in [0.29, 0.717) is 0 Å². The summed E-state index contributed by atoms with van der Waals surface area (Å²) in [5.41, 5.74) is 0.0568. The van der Waals surface area contributed by atoms with Crippen LogP contribution in [0.3, 0.4) is 0 Å². The minimum Gasteiger partial charge on any atom is -0.381 e. The van der Waals surface area contributed by atoms with Gasteiger partial charge in [0, 0.05) is 18.6 Å². The maximum atomic E-state index is 5.59. The second-order valence-electron chi connectivity index (χ2n) is 6.41. The number of ether oxygens (including phenoxy) is 1. The molecule has 0 spiro atoms. The van der Waals surface area contributed by atoms with E-state index in [1.807, 2.05) is 0 Å². The molecular weight excluding hydrogens is 278 g/mol. The molecule has 2 saturated heterocycles. The Balaban J connectivity index is 0.00000147. The van der Waals surface area contributed by atoms with Crippen LogP contribution in [0.1, 0.15) is 51.2 Å². The average Bonchev–Trinajstić information content (AvgIpc) is 2.91. The van der Waals surface area contributed by atoms with Crippen LogP contribution in [-0.4, -0.2) is 36.4 Å². The molecule has 114 valence electrons. The summed E-state index contributed by atoms with van der Waals surface area (Å²) in [5, 5.41) is 7.66. The quantitative estimate of drug-likeness (QED) is 0.907. The molecule has 0 unspecified atom stereocenters. The van der Waals surface area contributed by atoms with Gasteiger partial charge >= 0.3 is 0 Å². The van der Waals surface area contributed by atoms with Crippen molar-refractivity contribution in [1.29, 1.82) is 0 Å². The summed E-state index contributed by atoms with van der Waals surface area (Å²) in [6.07, 6.45) is 4.08. The van der Waals surface area contributed by atoms with Crippen LogP contribution in [0.2, 0.25) is 0 Å². The highest BCUT2D eigenvalue weighted by Crippen LogP contribution is 2.36. The second-order valence-corrected chi connectivity index (χ2v) is 6.41. The van der Waals surface area contributed by atoms with Gasteiger partial charge in [-0.3, -0.25) is 0 Å². The zero-order chi connectivity index (χ0) is 13.3. The van der Waals surface area contributed by atoms with Gasteiger partial charge in [0.15, 0.2) is 5.82 Å². The number of rotatable bonds is 2. The maximum absolute atomic E-state index is 5.59. The predicted molar refractivity (Wildman–Crippen MR) is 78.4 cm³/mol. The Morgan fingerprint density at radius 2 is 1.65 bits per heavy atom. The predicted octanol–water partition coefficient (Wildman–Crippen LogP) is 2.20. The van der Waals surface area contributed by atoms with Gasteiger partial charge in [-0.2, -0.15) is 4.98 Å². The molecule has 1 aromatic heterocycles. The third kappa shape index (κ3) is 2.85. The Bertz CT molecular complexity index is 399. The lowest BCUT2D eigenvalue weighted by atomic mass is 9.79. The third-order valence-corrected chi connectivity index (χ3v) is 4.79. The van der Waals surface area contributed by atoms with Gasteiger partial charge in [0.05, 0.1) is 5.41 Å². The van der Waals surface area contributed by atoms with Gasteiger partial charge in [-0.15, -0.1) is 12.4 Å². The largest absolute Gasteiger partial charge is 0.381 e. The zero-order valence-electron chi connectivity index (χ0n) is 12.3. The minimum absolute atomic E-state index is 0. The van der Waals surface area contributed by atoms with E-state index >= 15 is 0 Å². The Kier molecular flexibility index (Phi) is 4.72. The van der Waals surface area contributed by atoms with Crippen LogP contribution in [0.4, 0.5) is 0 Å². The normalized spacial score (nSPS) is 24.9. The lowest BCUT2D eigenvalue weighted by Gasteiger charge is -2.31. The van der Waals surface area contributed by atoms with E-state index in [1.165, 1.54) is 0 Å². The first kappa shape index (κ1) is 15.7. The number of hydrogen-bond acceptors (Lipinski definition) is 5. The van der Waals surface area contributed by atoms with Crippen LogP contribution in [0.5, 0.6) is 0 Å². The van der Waals surface area contributed by atoms with Crippen molar-refractivity contribution < 1.29 is 9.26 Å². The summed E-state index contributed by atoms with van der Waals surface area (Å²) in [6.45, 7) is 8.09. The van der Waals surface area contributed by atoms with E-state index in [9.17, 15) is 0 Å². The molecule has 0 saturated carbocycles. The van der Waals surface area contributed by atoms with Gasteiger partial charge in [-0.1, -0.05) is 19.0 Å². The van der Waals surface area contributed by atoms with E-state index < -0.39 is 0 Å². The van der Waals surface area contributed by atoms with Crippen LogP contribution in [-0.2, 0) is 15.6 Å². The summed E-state index contributed by atoms with van der Waals surface area (Å²) in [5.74, 6) is 1.68. The molecular formula is C14H24ClN3O2. The lowest BCUT2D eigenvalue weighted by Crippen LogP contribution is -2.38. The monoisotopic (exact) mass is 301 g/mol. The zero-order valence-corrected chi connectivity index (χ0v) is 13.1. The van der Waals surface area contributed by atoms with Crippen molar-refractivity contribution in [3.05, 3.63) is 11.7 Å². The molecule has 3 rings (SSSR count). The molecule has 1 N–H and O–H groups in total. The van der Waals surface area contributed by atoms with E-state index in [-0.39, 0.29) is 23.2 Å². The number of nitrogens with one attached hydrogen (secondary N) is 1. The number of piperidine rings is 1. The van der Waals surface area contributed by atoms with Crippen molar-refractivity contribution in [2.75, 3.05) is 26.3 Å². The van der Waals surface area contributed by atoms with Crippen LogP contribution in [0, 0.1) is 0 Å². The highest BCUT2D eigenvalue weighted by Gasteiger charge is 2.39. The Labute approximate surface area is 126 Å². The second kappa shape index (κ2) is 6.00. The fourth-order valence-corrected chi connectivity index (χ4v) is 2.95. The van der Waals surface area contributed by atoms with E-state index in [2.05, 4.69) is 24.3 Å². The van der Waals surface area contributed by atoms with Gasteiger partial charge in [-0.25, -0.2) is 0 Å². The SMILES string of the molecule is CC1(c2noc(C3(C)CCOCC3)n2)CCNCC1.Cl. The third-order valence-electron chi connectivity index (χ3n) is 4.79. The number of aromatic nitrogens is 2. The molecule has 5 nitrogen and oxygen atoms in total. The highest BCUT2D eigenvalue weighted by atomic mass is 35.5. The molecule has 0 aromatic carbocycles. The molecule has 1 aromatic rings. The molecule has 2 aliphatic heterocycles. The Morgan fingerprint density at radius 1 is 1.00 bits per heavy atom. The van der Waals surface area contributed by atoms with Gasteiger partial charge in [0.2, 0.25) is 5.89 Å². The standard InChI is InChI=1S/C14H23N3O2.ClH/c1-13(3-7-15-8-4-13)11-16-12(19-17-11)14(2)5-9-18-10-6-14;/h15H,3-10H2,1-2H3;1H. The first-order valence-electron chi connectivity index (χ1n) is 7.26. The number of halogens is 1. The lowest BCUT2D eigenvalue weighted by molar-refractivity contribution is 0.0447. The van der Waals surface area contributed by atoms with Crippen LogP contribution < -0.4 is 5.32 Å². The molecule has 0 bridgehead atoms. The van der Waals surface area contributed by atoms with Crippen LogP contribution in [0.25, 0.3) is 0 Å². The number of nitrogens with zero attached hydrogens (tertiary/aromatic N) is 2. The van der Waals surface area contributed by atoms with E-state index in [4.69, 9.17) is 14.2 Å². The molecule has 2 aliphatic rings. The smallest absolute Gasteiger partial charge is 0.232 e. The van der Waals surface area contributed by atoms with Gasteiger partial charge in [0.25, 0.3) is 0 Å². The van der Waals surface area contributed by atoms with Crippen molar-refractivity contribution in [2.24, 2.45) is 0 Å². The summed E-state index contributed by atoms with van der Waals surface area (Å²) >= 11 is 0. The van der Waals surface area contributed by atoms with Crippen molar-refractivity contribution in [1.82, 2.24) is 15.5 Å². The average molecular weight is 302 g/mol. The van der Waals surface area contributed by atoms with E-state index in [1.54, 1.807) is 0 Å². The summed E-state index contributed by atoms with van der Waals surface area (Å²) in [4.78, 5) is 4.74. The molecule has 3 heterocycles. The Hall–Kier alpha value is -0.650. The van der Waals surface area contributed by atoms with Crippen LogP contribution >= 0.6 is 12.4 Å². The van der Waals surface area contributed by atoms with Crippen molar-refractivity contribution in [3.8, 4) is 0 Å². The summed E-state index contributed by atoms with van der Waals surface area (Å²) in [7, 11) is 0. The van der Waals surface area contributed by atoms with E-state index in [0.717, 1.165) is 63.7 Å². The van der Waals surface area contributed by atoms with Gasteiger partial charge < -0.3 is 14.6 Å². The fourth-order valence-electron chi connectivity index (χ4n) is 2.95. The molecule has 0 atom stereocenters. The first-order chi connectivity index (χ1) is 9.12. The maximum Gasteiger partial charge on any atom is 0.232 e. The highest BCUT2D eigenvalue weighted by molar-refractivity contribution is 5.85. The molecule has 0 radical (unpaired) electrons. The van der Waals surface area contributed by atoms with Gasteiger partial charge in [0.1, 0.15) is 0 Å². The fraction of sp³-hybridized carbons (Fsp3) is 0.857. The molecule has 6 heteroatoms. The molecule has 0 amide bonds. The first-order valence-corrected chi connectivity index (χ1v) is 7.26. The number of hydrogen-bond donors (Lipinski definition) is 1. The molecule has 0 aliphatic carbocycles. The summed E-state index contributed by atoms with van der Waals surface area (Å²) in [6, 6.07) is 0. The van der Waals surface area contributed by atoms with Crippen molar-refractivity contribution in [3.63, 3.8) is 0 Å². The Morgan fingerprint density at radius 3 is 2.30 bits per heavy atom. The molecule has 20 heavy (non-hydrogen) atoms. The molecule has 2 fully saturated rings. The summed E-state index contributed by atoms with van der Waals surface area (Å²) < 4.78 is 11.0. The van der Waals surface area contributed by atoms with Crippen molar-refractivity contribution >= 4 is 12.4 Å². The van der Waals surface area contributed by atoms with Crippen LogP contribution in [0.15, 0.2) is 4.52 Å². The topological polar surface area (TPSA) is 60.2 Å². The van der Waals surface area contributed by atoms with Crippen molar-refractivity contribution in [2.45, 2.75) is 50.4 Å². The van der Waals surface area contributed by atoms with Gasteiger partial charge in [-0.05, 0) is 38.8 Å². The minimum atomic E-state index is -0.00717.